The number of hydrogen-bond acceptors (Lipinski definition) is 10. The zero-order valence-electron chi connectivity index (χ0n) is 27.3. The molecule has 6 rings (SSSR count). The number of aromatic hydroxyl groups is 2. The average molecular weight is 771 g/mol. The van der Waals surface area contributed by atoms with Crippen molar-refractivity contribution in [2.45, 2.75) is 9.79 Å². The van der Waals surface area contributed by atoms with Crippen molar-refractivity contribution in [2.75, 3.05) is 21.3 Å². The van der Waals surface area contributed by atoms with E-state index in [9.17, 15) is 55.3 Å². The number of fused-ring (bicyclic) bond motifs is 2. The van der Waals surface area contributed by atoms with Crippen LogP contribution in [0.3, 0.4) is 0 Å². The molecule has 16 nitrogen and oxygen atoms in total. The lowest BCUT2D eigenvalue weighted by Gasteiger charge is -2.11. The zero-order chi connectivity index (χ0) is 38.9. The predicted molar refractivity (Wildman–Crippen MR) is 197 cm³/mol. The van der Waals surface area contributed by atoms with Gasteiger partial charge in [0, 0.05) is 56.8 Å². The molecule has 0 radical (unpaired) electrons. The van der Waals surface area contributed by atoms with Crippen LogP contribution in [-0.2, 0) is 29.8 Å². The minimum Gasteiger partial charge on any atom is -0.507 e. The van der Waals surface area contributed by atoms with Crippen LogP contribution in [0.2, 0.25) is 0 Å². The highest BCUT2D eigenvalue weighted by molar-refractivity contribution is 7.86. The minimum atomic E-state index is -4.51. The van der Waals surface area contributed by atoms with E-state index in [0.717, 1.165) is 24.3 Å². The summed E-state index contributed by atoms with van der Waals surface area (Å²) in [6.45, 7) is 0. The van der Waals surface area contributed by atoms with Crippen LogP contribution in [0.1, 0.15) is 20.7 Å². The van der Waals surface area contributed by atoms with Crippen LogP contribution in [0.4, 0.5) is 22.7 Å². The Morgan fingerprint density at radius 2 is 0.833 bits per heavy atom. The lowest BCUT2D eigenvalue weighted by atomic mass is 10.1. The lowest BCUT2D eigenvalue weighted by Crippen LogP contribution is -2.29. The normalized spacial score (nSPS) is 11.5. The average Bonchev–Trinajstić information content (AvgIpc) is 3.10. The first-order valence-electron chi connectivity index (χ1n) is 15.4. The Hall–Kier alpha value is -6.86. The van der Waals surface area contributed by atoms with Crippen molar-refractivity contribution < 1.29 is 55.3 Å². The maximum Gasteiger partial charge on any atom is 0.314 e. The summed E-state index contributed by atoms with van der Waals surface area (Å²) in [4.78, 5) is 50.7. The molecule has 274 valence electrons. The molecule has 0 saturated heterocycles. The Bertz CT molecular complexity index is 2600. The summed E-state index contributed by atoms with van der Waals surface area (Å²) in [7, 11) is -9.02. The Balaban J connectivity index is 1.09. The Morgan fingerprint density at radius 3 is 1.20 bits per heavy atom. The molecule has 6 aromatic carbocycles. The Labute approximate surface area is 305 Å². The first kappa shape index (κ1) is 36.9. The van der Waals surface area contributed by atoms with E-state index in [1.54, 1.807) is 0 Å². The molecule has 54 heavy (non-hydrogen) atoms. The van der Waals surface area contributed by atoms with Gasteiger partial charge in [-0.25, -0.2) is 0 Å². The number of carbonyl (C=O) groups excluding carboxylic acids is 4. The number of hydrogen-bond donors (Lipinski definition) is 8. The van der Waals surface area contributed by atoms with Crippen molar-refractivity contribution in [1.29, 1.82) is 0 Å². The standard InChI is InChI=1S/C36H26N4O12S2/c41-31-15-25(11-19-7-9-27(17-29(19)31)53(47,48)49)39-33(43)21-3-1-5-23(13-21)37-35(45)36(46)38-24-6-2-4-22(14-24)34(44)40-26-12-20-8-10-28(54(50,51)52)18-30(20)32(42)16-26/h1-18,41-42H,(H,37,45)(H,38,46)(H,39,43)(H,40,44)(H,47,48,49)(H,50,51,52). The number of phenolic OH excluding ortho intramolecular Hbond substituents is 2. The smallest absolute Gasteiger partial charge is 0.314 e. The number of carbonyl (C=O) groups is 4. The summed E-state index contributed by atoms with van der Waals surface area (Å²) in [5, 5.41) is 31.8. The van der Waals surface area contributed by atoms with Crippen LogP contribution in [-0.4, -0.2) is 59.8 Å². The molecule has 18 heteroatoms. The summed E-state index contributed by atoms with van der Waals surface area (Å²) < 4.78 is 64.4. The molecule has 6 aromatic rings. The van der Waals surface area contributed by atoms with E-state index in [0.29, 0.717) is 10.8 Å². The van der Waals surface area contributed by atoms with Gasteiger partial charge in [0.15, 0.2) is 0 Å². The maximum absolute atomic E-state index is 13.0. The van der Waals surface area contributed by atoms with Gasteiger partial charge in [-0.3, -0.25) is 28.3 Å². The molecule has 0 unspecified atom stereocenters. The molecule has 0 aliphatic carbocycles. The van der Waals surface area contributed by atoms with Crippen LogP contribution in [0, 0.1) is 0 Å². The van der Waals surface area contributed by atoms with Gasteiger partial charge in [-0.05, 0) is 83.6 Å². The van der Waals surface area contributed by atoms with Crippen LogP contribution in [0.25, 0.3) is 21.5 Å². The third-order valence-corrected chi connectivity index (χ3v) is 9.59. The Kier molecular flexibility index (Phi) is 9.76. The van der Waals surface area contributed by atoms with E-state index in [4.69, 9.17) is 0 Å². The fourth-order valence-electron chi connectivity index (χ4n) is 5.36. The first-order valence-corrected chi connectivity index (χ1v) is 18.3. The maximum atomic E-state index is 13.0. The minimum absolute atomic E-state index is 0.0656. The molecule has 0 aliphatic rings. The summed E-state index contributed by atoms with van der Waals surface area (Å²) >= 11 is 0. The van der Waals surface area contributed by atoms with E-state index in [2.05, 4.69) is 21.3 Å². The second-order valence-electron chi connectivity index (χ2n) is 11.7. The molecular formula is C36H26N4O12S2. The molecule has 0 atom stereocenters. The van der Waals surface area contributed by atoms with Gasteiger partial charge >= 0.3 is 11.8 Å². The number of benzene rings is 6. The molecule has 0 aliphatic heterocycles. The van der Waals surface area contributed by atoms with E-state index < -0.39 is 53.7 Å². The summed E-state index contributed by atoms with van der Waals surface area (Å²) in [6, 6.07) is 23.6. The molecule has 0 heterocycles. The second kappa shape index (κ2) is 14.3. The van der Waals surface area contributed by atoms with Gasteiger partial charge in [0.05, 0.1) is 9.79 Å². The fraction of sp³-hybridized carbons (Fsp3) is 0. The van der Waals surface area contributed by atoms with E-state index >= 15 is 0 Å². The number of amides is 4. The molecule has 8 N–H and O–H groups in total. The van der Waals surface area contributed by atoms with Gasteiger partial charge < -0.3 is 31.5 Å². The molecule has 0 bridgehead atoms. The van der Waals surface area contributed by atoms with Gasteiger partial charge in [-0.2, -0.15) is 16.8 Å². The molecule has 0 aromatic heterocycles. The van der Waals surface area contributed by atoms with Crippen molar-refractivity contribution in [3.05, 3.63) is 120 Å². The third kappa shape index (κ3) is 8.27. The van der Waals surface area contributed by atoms with Crippen molar-refractivity contribution in [3.63, 3.8) is 0 Å². The largest absolute Gasteiger partial charge is 0.507 e. The van der Waals surface area contributed by atoms with Crippen LogP contribution >= 0.6 is 0 Å². The highest BCUT2D eigenvalue weighted by Gasteiger charge is 2.18. The number of nitrogens with one attached hydrogen (secondary N) is 4. The first-order chi connectivity index (χ1) is 25.4. The summed E-state index contributed by atoms with van der Waals surface area (Å²) in [6.07, 6.45) is 0. The van der Waals surface area contributed by atoms with Gasteiger partial charge in [0.25, 0.3) is 32.1 Å². The second-order valence-corrected chi connectivity index (χ2v) is 14.5. The quantitative estimate of drug-likeness (QED) is 0.0753. The van der Waals surface area contributed by atoms with Crippen molar-refractivity contribution in [1.82, 2.24) is 0 Å². The topological polar surface area (TPSA) is 266 Å². The van der Waals surface area contributed by atoms with E-state index in [1.807, 2.05) is 0 Å². The SMILES string of the molecule is O=C(Nc1cccc(C(=O)Nc2cc(O)c3cc(S(=O)(=O)O)ccc3c2)c1)C(=O)Nc1cccc(C(=O)Nc2cc(O)c3cc(S(=O)(=O)O)ccc3c2)c1. The van der Waals surface area contributed by atoms with Gasteiger partial charge in [-0.15, -0.1) is 0 Å². The molecule has 0 saturated carbocycles. The van der Waals surface area contributed by atoms with Gasteiger partial charge in [0.2, 0.25) is 0 Å². The predicted octanol–water partition coefficient (Wildman–Crippen LogP) is 4.98. The lowest BCUT2D eigenvalue weighted by molar-refractivity contribution is -0.132. The monoisotopic (exact) mass is 770 g/mol. The highest BCUT2D eigenvalue weighted by Crippen LogP contribution is 2.33. The number of phenols is 2. The van der Waals surface area contributed by atoms with Crippen LogP contribution in [0.15, 0.2) is 119 Å². The number of rotatable bonds is 8. The summed E-state index contributed by atoms with van der Waals surface area (Å²) in [5.74, 6) is -4.23. The fourth-order valence-corrected chi connectivity index (χ4v) is 6.37. The molecule has 0 spiro atoms. The van der Waals surface area contributed by atoms with Gasteiger partial charge in [-0.1, -0.05) is 24.3 Å². The van der Waals surface area contributed by atoms with Crippen molar-refractivity contribution in [3.8, 4) is 11.5 Å². The van der Waals surface area contributed by atoms with Crippen molar-refractivity contribution in [2.24, 2.45) is 0 Å². The Morgan fingerprint density at radius 1 is 0.444 bits per heavy atom. The number of anilines is 4. The van der Waals surface area contributed by atoms with Gasteiger partial charge in [0.1, 0.15) is 11.5 Å². The van der Waals surface area contributed by atoms with Crippen LogP contribution < -0.4 is 21.3 Å². The summed E-state index contributed by atoms with van der Waals surface area (Å²) in [5.41, 5.74) is 0.612. The highest BCUT2D eigenvalue weighted by atomic mass is 32.2. The van der Waals surface area contributed by atoms with E-state index in [1.165, 1.54) is 84.9 Å². The van der Waals surface area contributed by atoms with Crippen molar-refractivity contribution >= 4 is 88.2 Å². The zero-order valence-corrected chi connectivity index (χ0v) is 28.9. The van der Waals surface area contributed by atoms with Crippen LogP contribution in [0.5, 0.6) is 11.5 Å². The third-order valence-electron chi connectivity index (χ3n) is 7.89. The molecular weight excluding hydrogens is 745 g/mol. The molecule has 4 amide bonds. The van der Waals surface area contributed by atoms with E-state index in [-0.39, 0.29) is 56.1 Å². The molecule has 0 fully saturated rings.